The number of hydrogen-bond donors (Lipinski definition) is 0. The molecule has 0 aliphatic carbocycles. The van der Waals surface area contributed by atoms with Gasteiger partial charge in [-0.05, 0) is 24.3 Å². The van der Waals surface area contributed by atoms with Crippen molar-refractivity contribution in [2.75, 3.05) is 0 Å². The molecule has 3 nitrogen and oxygen atoms in total. The number of Topliss-reactive ketones (excluding diaryl/α,β-unsaturated/α-hetero) is 1. The standard InChI is InChI=1S/C15H15FN2O/c1-15(2,3)13(19)12-9-10(16)5-6-11(12)14-17-7-4-8-18-14/h4-9H,1-3H3. The third-order valence-electron chi connectivity index (χ3n) is 2.71. The Bertz CT molecular complexity index is 603. The predicted molar refractivity (Wildman–Crippen MR) is 71.2 cm³/mol. The number of nitrogens with zero attached hydrogens (tertiary/aromatic N) is 2. The van der Waals surface area contributed by atoms with Gasteiger partial charge in [0.1, 0.15) is 5.82 Å². The number of ketones is 1. The van der Waals surface area contributed by atoms with Crippen molar-refractivity contribution in [1.29, 1.82) is 0 Å². The first kappa shape index (κ1) is 13.3. The van der Waals surface area contributed by atoms with Gasteiger partial charge in [-0.15, -0.1) is 0 Å². The molecular weight excluding hydrogens is 243 g/mol. The van der Waals surface area contributed by atoms with E-state index in [-0.39, 0.29) is 5.78 Å². The molecular formula is C15H15FN2O. The van der Waals surface area contributed by atoms with E-state index >= 15 is 0 Å². The van der Waals surface area contributed by atoms with Crippen LogP contribution in [0.2, 0.25) is 0 Å². The van der Waals surface area contributed by atoms with Gasteiger partial charge >= 0.3 is 0 Å². The number of aromatic nitrogens is 2. The number of carbonyl (C=O) groups excluding carboxylic acids is 1. The van der Waals surface area contributed by atoms with Gasteiger partial charge in [-0.1, -0.05) is 20.8 Å². The number of rotatable bonds is 2. The van der Waals surface area contributed by atoms with Gasteiger partial charge in [0.15, 0.2) is 11.6 Å². The molecule has 0 aliphatic heterocycles. The van der Waals surface area contributed by atoms with E-state index in [1.54, 1.807) is 45.3 Å². The van der Waals surface area contributed by atoms with Crippen LogP contribution in [0, 0.1) is 11.2 Å². The van der Waals surface area contributed by atoms with Crippen LogP contribution in [0.3, 0.4) is 0 Å². The lowest BCUT2D eigenvalue weighted by atomic mass is 9.84. The highest BCUT2D eigenvalue weighted by atomic mass is 19.1. The van der Waals surface area contributed by atoms with Crippen LogP contribution in [0.25, 0.3) is 11.4 Å². The summed E-state index contributed by atoms with van der Waals surface area (Å²) < 4.78 is 13.4. The summed E-state index contributed by atoms with van der Waals surface area (Å²) >= 11 is 0. The maximum absolute atomic E-state index is 13.4. The minimum Gasteiger partial charge on any atom is -0.294 e. The Labute approximate surface area is 111 Å². The van der Waals surface area contributed by atoms with Gasteiger partial charge < -0.3 is 0 Å². The normalized spacial score (nSPS) is 11.4. The van der Waals surface area contributed by atoms with Gasteiger partial charge in [0.2, 0.25) is 0 Å². The molecule has 19 heavy (non-hydrogen) atoms. The minimum atomic E-state index is -0.586. The van der Waals surface area contributed by atoms with Crippen molar-refractivity contribution in [3.63, 3.8) is 0 Å². The number of hydrogen-bond acceptors (Lipinski definition) is 3. The maximum atomic E-state index is 13.4. The first-order valence-corrected chi connectivity index (χ1v) is 6.01. The Morgan fingerprint density at radius 2 is 1.79 bits per heavy atom. The molecule has 0 unspecified atom stereocenters. The fraction of sp³-hybridized carbons (Fsp3) is 0.267. The summed E-state index contributed by atoms with van der Waals surface area (Å²) in [5.74, 6) is -0.142. The van der Waals surface area contributed by atoms with Crippen LogP contribution in [0.1, 0.15) is 31.1 Å². The molecule has 0 radical (unpaired) electrons. The molecule has 1 aromatic heterocycles. The summed E-state index contributed by atoms with van der Waals surface area (Å²) in [5.41, 5.74) is 0.290. The largest absolute Gasteiger partial charge is 0.294 e. The lowest BCUT2D eigenvalue weighted by Crippen LogP contribution is -2.21. The SMILES string of the molecule is CC(C)(C)C(=O)c1cc(F)ccc1-c1ncccn1. The fourth-order valence-electron chi connectivity index (χ4n) is 1.74. The van der Waals surface area contributed by atoms with Crippen LogP contribution in [-0.4, -0.2) is 15.8 Å². The average molecular weight is 258 g/mol. The molecule has 0 bridgehead atoms. The second-order valence-corrected chi connectivity index (χ2v) is 5.34. The summed E-state index contributed by atoms with van der Waals surface area (Å²) in [6, 6.07) is 5.80. The molecule has 1 heterocycles. The highest BCUT2D eigenvalue weighted by molar-refractivity contribution is 6.04. The van der Waals surface area contributed by atoms with Crippen LogP contribution in [0.15, 0.2) is 36.7 Å². The molecule has 98 valence electrons. The molecule has 0 spiro atoms. The molecule has 0 fully saturated rings. The lowest BCUT2D eigenvalue weighted by Gasteiger charge is -2.18. The van der Waals surface area contributed by atoms with Crippen LogP contribution >= 0.6 is 0 Å². The Morgan fingerprint density at radius 3 is 2.37 bits per heavy atom. The monoisotopic (exact) mass is 258 g/mol. The van der Waals surface area contributed by atoms with E-state index in [1.165, 1.54) is 12.1 Å². The Kier molecular flexibility index (Phi) is 3.42. The van der Waals surface area contributed by atoms with Gasteiger partial charge in [-0.25, -0.2) is 14.4 Å². The number of halogens is 1. The van der Waals surface area contributed by atoms with Crippen molar-refractivity contribution in [3.05, 3.63) is 48.0 Å². The molecule has 0 aliphatic rings. The van der Waals surface area contributed by atoms with E-state index in [0.717, 1.165) is 0 Å². The summed E-state index contributed by atoms with van der Waals surface area (Å²) in [5, 5.41) is 0. The molecule has 0 N–H and O–H groups in total. The molecule has 0 atom stereocenters. The van der Waals surface area contributed by atoms with E-state index in [9.17, 15) is 9.18 Å². The Hall–Kier alpha value is -2.10. The fourth-order valence-corrected chi connectivity index (χ4v) is 1.74. The molecule has 0 saturated heterocycles. The smallest absolute Gasteiger partial charge is 0.169 e. The van der Waals surface area contributed by atoms with Gasteiger partial charge in [-0.2, -0.15) is 0 Å². The van der Waals surface area contributed by atoms with Gasteiger partial charge in [-0.3, -0.25) is 4.79 Å². The van der Waals surface area contributed by atoms with Crippen LogP contribution in [0.4, 0.5) is 4.39 Å². The van der Waals surface area contributed by atoms with E-state index in [2.05, 4.69) is 9.97 Å². The number of carbonyl (C=O) groups is 1. The first-order valence-electron chi connectivity index (χ1n) is 6.01. The third-order valence-corrected chi connectivity index (χ3v) is 2.71. The molecule has 0 amide bonds. The van der Waals surface area contributed by atoms with Crippen molar-refractivity contribution in [2.24, 2.45) is 5.41 Å². The van der Waals surface area contributed by atoms with Crippen molar-refractivity contribution in [3.8, 4) is 11.4 Å². The lowest BCUT2D eigenvalue weighted by molar-refractivity contribution is 0.0858. The summed E-state index contributed by atoms with van der Waals surface area (Å²) in [4.78, 5) is 20.6. The molecule has 2 rings (SSSR count). The highest BCUT2D eigenvalue weighted by Gasteiger charge is 2.26. The second-order valence-electron chi connectivity index (χ2n) is 5.34. The van der Waals surface area contributed by atoms with E-state index in [1.807, 2.05) is 0 Å². The average Bonchev–Trinajstić information content (AvgIpc) is 2.37. The van der Waals surface area contributed by atoms with Crippen LogP contribution in [0.5, 0.6) is 0 Å². The predicted octanol–water partition coefficient (Wildman–Crippen LogP) is 3.51. The number of benzene rings is 1. The first-order chi connectivity index (χ1) is 8.89. The van der Waals surface area contributed by atoms with Gasteiger partial charge in [0, 0.05) is 28.9 Å². The van der Waals surface area contributed by atoms with Crippen LogP contribution < -0.4 is 0 Å². The van der Waals surface area contributed by atoms with Crippen molar-refractivity contribution in [2.45, 2.75) is 20.8 Å². The molecule has 2 aromatic rings. The summed E-state index contributed by atoms with van der Waals surface area (Å²) in [6.45, 7) is 5.40. The zero-order valence-electron chi connectivity index (χ0n) is 11.1. The topological polar surface area (TPSA) is 42.9 Å². The van der Waals surface area contributed by atoms with Crippen molar-refractivity contribution >= 4 is 5.78 Å². The van der Waals surface area contributed by atoms with Crippen LogP contribution in [-0.2, 0) is 0 Å². The van der Waals surface area contributed by atoms with Crippen molar-refractivity contribution < 1.29 is 9.18 Å². The summed E-state index contributed by atoms with van der Waals surface area (Å²) in [6.07, 6.45) is 3.19. The van der Waals surface area contributed by atoms with E-state index < -0.39 is 11.2 Å². The zero-order chi connectivity index (χ0) is 14.0. The quantitative estimate of drug-likeness (QED) is 0.774. The Morgan fingerprint density at radius 1 is 1.16 bits per heavy atom. The maximum Gasteiger partial charge on any atom is 0.169 e. The molecule has 1 aromatic carbocycles. The zero-order valence-corrected chi connectivity index (χ0v) is 11.1. The molecule has 0 saturated carbocycles. The minimum absolute atomic E-state index is 0.130. The Balaban J connectivity index is 2.60. The van der Waals surface area contributed by atoms with Gasteiger partial charge in [0.25, 0.3) is 0 Å². The second kappa shape index (κ2) is 4.88. The third kappa shape index (κ3) is 2.84. The van der Waals surface area contributed by atoms with E-state index in [4.69, 9.17) is 0 Å². The van der Waals surface area contributed by atoms with Gasteiger partial charge in [0.05, 0.1) is 0 Å². The van der Waals surface area contributed by atoms with E-state index in [0.29, 0.717) is 17.0 Å². The molecule has 4 heteroatoms. The highest BCUT2D eigenvalue weighted by Crippen LogP contribution is 2.28. The summed E-state index contributed by atoms with van der Waals surface area (Å²) in [7, 11) is 0. The van der Waals surface area contributed by atoms with Crippen molar-refractivity contribution in [1.82, 2.24) is 9.97 Å².